The van der Waals surface area contributed by atoms with Gasteiger partial charge in [-0.05, 0) is 32.4 Å². The zero-order chi connectivity index (χ0) is 18.3. The van der Waals surface area contributed by atoms with Crippen LogP contribution in [0.2, 0.25) is 0 Å². The van der Waals surface area contributed by atoms with Gasteiger partial charge in [0.05, 0.1) is 23.2 Å². The molecule has 1 amide bonds. The average molecular weight is 351 g/mol. The molecular weight excluding hydrogens is 330 g/mol. The van der Waals surface area contributed by atoms with Crippen LogP contribution in [0.1, 0.15) is 42.4 Å². The van der Waals surface area contributed by atoms with E-state index in [0.29, 0.717) is 24.4 Å². The van der Waals surface area contributed by atoms with Crippen molar-refractivity contribution in [2.75, 3.05) is 6.54 Å². The van der Waals surface area contributed by atoms with Crippen LogP contribution < -0.4 is 4.74 Å². The van der Waals surface area contributed by atoms with Gasteiger partial charge in [-0.25, -0.2) is 4.98 Å². The third kappa shape index (κ3) is 2.92. The molecule has 0 N–H and O–H groups in total. The van der Waals surface area contributed by atoms with E-state index in [1.54, 1.807) is 6.20 Å². The summed E-state index contributed by atoms with van der Waals surface area (Å²) in [5.41, 5.74) is 2.33. The van der Waals surface area contributed by atoms with Crippen molar-refractivity contribution >= 4 is 17.0 Å². The summed E-state index contributed by atoms with van der Waals surface area (Å²) in [6.07, 6.45) is 2.28. The zero-order valence-electron chi connectivity index (χ0n) is 15.2. The van der Waals surface area contributed by atoms with Gasteiger partial charge in [-0.15, -0.1) is 0 Å². The molecule has 2 aromatic heterocycles. The number of aryl methyl sites for hydroxylation is 1. The molecular formula is C20H21N3O3. The molecule has 0 aliphatic carbocycles. The second-order valence-electron chi connectivity index (χ2n) is 7.19. The van der Waals surface area contributed by atoms with Crippen LogP contribution in [0.3, 0.4) is 0 Å². The lowest BCUT2D eigenvalue weighted by molar-refractivity contribution is 0.0500. The molecule has 3 aromatic rings. The van der Waals surface area contributed by atoms with Crippen molar-refractivity contribution in [1.82, 2.24) is 15.0 Å². The van der Waals surface area contributed by atoms with Crippen LogP contribution in [-0.2, 0) is 13.0 Å². The summed E-state index contributed by atoms with van der Waals surface area (Å²) < 4.78 is 11.3. The Morgan fingerprint density at radius 1 is 1.31 bits per heavy atom. The third-order valence-corrected chi connectivity index (χ3v) is 4.57. The quantitative estimate of drug-likeness (QED) is 0.706. The van der Waals surface area contributed by atoms with Gasteiger partial charge in [0.1, 0.15) is 11.4 Å². The highest BCUT2D eigenvalue weighted by atomic mass is 16.5. The summed E-state index contributed by atoms with van der Waals surface area (Å²) in [6.45, 7) is 6.97. The molecule has 1 aromatic carbocycles. The first-order valence-corrected chi connectivity index (χ1v) is 8.77. The van der Waals surface area contributed by atoms with E-state index in [4.69, 9.17) is 9.26 Å². The Balaban J connectivity index is 1.71. The van der Waals surface area contributed by atoms with Crippen LogP contribution in [0, 0.1) is 0 Å². The van der Waals surface area contributed by atoms with Crippen LogP contribution in [0.4, 0.5) is 0 Å². The number of nitrogens with zero attached hydrogens (tertiary/aromatic N) is 3. The number of rotatable bonds is 2. The van der Waals surface area contributed by atoms with Crippen LogP contribution in [0.25, 0.3) is 11.1 Å². The molecule has 0 bridgehead atoms. The van der Waals surface area contributed by atoms with Crippen molar-refractivity contribution < 1.29 is 14.1 Å². The molecule has 0 unspecified atom stereocenters. The largest absolute Gasteiger partial charge is 0.486 e. The Morgan fingerprint density at radius 3 is 2.92 bits per heavy atom. The molecule has 0 spiro atoms. The molecule has 6 heteroatoms. The standard InChI is InChI=1S/C20H21N3O3/c1-4-16-15-9-14(10-21-18(15)26-22-16)19(24)23-11-13-7-5-6-8-17(13)25-20(2,3)12-23/h5-10H,4,11-12H2,1-3H3. The molecule has 6 nitrogen and oxygen atoms in total. The van der Waals surface area contributed by atoms with Crippen LogP contribution in [0.5, 0.6) is 5.75 Å². The van der Waals surface area contributed by atoms with E-state index in [0.717, 1.165) is 28.8 Å². The first-order valence-electron chi connectivity index (χ1n) is 8.77. The summed E-state index contributed by atoms with van der Waals surface area (Å²) in [4.78, 5) is 19.3. The van der Waals surface area contributed by atoms with Crippen LogP contribution in [0.15, 0.2) is 41.1 Å². The average Bonchev–Trinajstić information content (AvgIpc) is 2.97. The number of fused-ring (bicyclic) bond motifs is 2. The normalized spacial score (nSPS) is 16.0. The molecule has 1 aliphatic rings. The second kappa shape index (κ2) is 6.12. The predicted octanol–water partition coefficient (Wildman–Crippen LogP) is 3.60. The number of carbonyl (C=O) groups is 1. The highest BCUT2D eigenvalue weighted by Gasteiger charge is 2.32. The maximum absolute atomic E-state index is 13.2. The summed E-state index contributed by atoms with van der Waals surface area (Å²) in [7, 11) is 0. The first-order chi connectivity index (χ1) is 12.5. The van der Waals surface area contributed by atoms with Gasteiger partial charge >= 0.3 is 0 Å². The van der Waals surface area contributed by atoms with Crippen molar-refractivity contribution in [1.29, 1.82) is 0 Å². The molecule has 4 rings (SSSR count). The van der Waals surface area contributed by atoms with Crippen molar-refractivity contribution in [2.24, 2.45) is 0 Å². The van der Waals surface area contributed by atoms with E-state index in [-0.39, 0.29) is 5.91 Å². The molecule has 0 radical (unpaired) electrons. The molecule has 1 aliphatic heterocycles. The molecule has 0 saturated carbocycles. The summed E-state index contributed by atoms with van der Waals surface area (Å²) in [5, 5.41) is 4.81. The van der Waals surface area contributed by atoms with E-state index in [9.17, 15) is 4.79 Å². The number of carbonyl (C=O) groups excluding carboxylic acids is 1. The number of amides is 1. The Labute approximate surface area is 151 Å². The van der Waals surface area contributed by atoms with E-state index in [1.807, 2.05) is 56.0 Å². The molecule has 134 valence electrons. The minimum atomic E-state index is -0.481. The van der Waals surface area contributed by atoms with Gasteiger partial charge in [-0.3, -0.25) is 4.79 Å². The van der Waals surface area contributed by atoms with Crippen molar-refractivity contribution in [2.45, 2.75) is 39.3 Å². The van der Waals surface area contributed by atoms with E-state index < -0.39 is 5.60 Å². The molecule has 0 atom stereocenters. The van der Waals surface area contributed by atoms with Crippen molar-refractivity contribution in [3.8, 4) is 5.75 Å². The molecule has 26 heavy (non-hydrogen) atoms. The van der Waals surface area contributed by atoms with E-state index in [2.05, 4.69) is 10.1 Å². The fraction of sp³-hybridized carbons (Fsp3) is 0.350. The topological polar surface area (TPSA) is 68.5 Å². The number of pyridine rings is 1. The molecule has 0 saturated heterocycles. The minimum absolute atomic E-state index is 0.0731. The molecule has 3 heterocycles. The molecule has 0 fully saturated rings. The monoisotopic (exact) mass is 351 g/mol. The van der Waals surface area contributed by atoms with Gasteiger partial charge in [0.15, 0.2) is 0 Å². The number of benzene rings is 1. The maximum atomic E-state index is 13.2. The Morgan fingerprint density at radius 2 is 2.12 bits per heavy atom. The van der Waals surface area contributed by atoms with Gasteiger partial charge in [0, 0.05) is 18.3 Å². The SMILES string of the molecule is CCc1noc2ncc(C(=O)N3Cc4ccccc4OC(C)(C)C3)cc12. The first kappa shape index (κ1) is 16.6. The summed E-state index contributed by atoms with van der Waals surface area (Å²) in [5.74, 6) is 0.754. The lowest BCUT2D eigenvalue weighted by atomic mass is 10.1. The second-order valence-corrected chi connectivity index (χ2v) is 7.19. The van der Waals surface area contributed by atoms with Gasteiger partial charge < -0.3 is 14.2 Å². The maximum Gasteiger partial charge on any atom is 0.257 e. The number of ether oxygens (including phenoxy) is 1. The number of hydrogen-bond donors (Lipinski definition) is 0. The lowest BCUT2D eigenvalue weighted by Crippen LogP contribution is -2.43. The van der Waals surface area contributed by atoms with Gasteiger partial charge in [-0.2, -0.15) is 0 Å². The van der Waals surface area contributed by atoms with Gasteiger partial charge in [0.25, 0.3) is 11.6 Å². The number of aromatic nitrogens is 2. The summed E-state index contributed by atoms with van der Waals surface area (Å²) in [6, 6.07) is 9.67. The predicted molar refractivity (Wildman–Crippen MR) is 97.1 cm³/mol. The fourth-order valence-electron chi connectivity index (χ4n) is 3.36. The van der Waals surface area contributed by atoms with Gasteiger partial charge in [-0.1, -0.05) is 30.3 Å². The van der Waals surface area contributed by atoms with Gasteiger partial charge in [0.2, 0.25) is 0 Å². The zero-order valence-corrected chi connectivity index (χ0v) is 15.2. The number of hydrogen-bond acceptors (Lipinski definition) is 5. The van der Waals surface area contributed by atoms with Crippen LogP contribution in [-0.4, -0.2) is 33.1 Å². The Bertz CT molecular complexity index is 977. The minimum Gasteiger partial charge on any atom is -0.486 e. The Kier molecular flexibility index (Phi) is 3.90. The van der Waals surface area contributed by atoms with E-state index in [1.165, 1.54) is 0 Å². The van der Waals surface area contributed by atoms with Crippen molar-refractivity contribution in [3.05, 3.63) is 53.3 Å². The van der Waals surface area contributed by atoms with Crippen molar-refractivity contribution in [3.63, 3.8) is 0 Å². The van der Waals surface area contributed by atoms with Crippen LogP contribution >= 0.6 is 0 Å². The summed E-state index contributed by atoms with van der Waals surface area (Å²) >= 11 is 0. The highest BCUT2D eigenvalue weighted by molar-refractivity contribution is 5.97. The smallest absolute Gasteiger partial charge is 0.257 e. The number of para-hydroxylation sites is 1. The highest BCUT2D eigenvalue weighted by Crippen LogP contribution is 2.30. The lowest BCUT2D eigenvalue weighted by Gasteiger charge is -2.29. The third-order valence-electron chi connectivity index (χ3n) is 4.57. The Hall–Kier alpha value is -2.89. The fourth-order valence-corrected chi connectivity index (χ4v) is 3.36. The van der Waals surface area contributed by atoms with E-state index >= 15 is 0 Å².